The molecule has 3 rings (SSSR count). The van der Waals surface area contributed by atoms with Crippen molar-refractivity contribution in [1.29, 1.82) is 0 Å². The molecule has 2 fully saturated rings. The SMILES string of the molecule is C[C@@H]1C[C@H](c2ccc(F)cc2)CN1C(=O)[C@]1(C)CCNC1. The van der Waals surface area contributed by atoms with E-state index in [4.69, 9.17) is 0 Å². The second kappa shape index (κ2) is 5.41. The molecule has 1 aromatic rings. The standard InChI is InChI=1S/C17H23FN2O/c1-12-9-14(13-3-5-15(18)6-4-13)10-20(12)16(21)17(2)7-8-19-11-17/h3-6,12,14,19H,7-11H2,1-2H3/t12-,14+,17-/m1/s1. The van der Waals surface area contributed by atoms with Gasteiger partial charge in [0, 0.05) is 25.0 Å². The maximum absolute atomic E-state index is 13.0. The Morgan fingerprint density at radius 2 is 2.10 bits per heavy atom. The first-order valence-corrected chi connectivity index (χ1v) is 7.77. The van der Waals surface area contributed by atoms with Gasteiger partial charge in [-0.15, -0.1) is 0 Å². The second-order valence-electron chi connectivity index (χ2n) is 6.78. The zero-order valence-electron chi connectivity index (χ0n) is 12.7. The van der Waals surface area contributed by atoms with Gasteiger partial charge >= 0.3 is 0 Å². The third-order valence-corrected chi connectivity index (χ3v) is 5.06. The first-order chi connectivity index (χ1) is 9.99. The van der Waals surface area contributed by atoms with Crippen LogP contribution in [0.25, 0.3) is 0 Å². The summed E-state index contributed by atoms with van der Waals surface area (Å²) in [7, 11) is 0. The molecule has 2 aliphatic rings. The number of halogens is 1. The lowest BCUT2D eigenvalue weighted by Crippen LogP contribution is -2.45. The van der Waals surface area contributed by atoms with Gasteiger partial charge in [-0.1, -0.05) is 12.1 Å². The van der Waals surface area contributed by atoms with Crippen molar-refractivity contribution in [2.45, 2.75) is 38.6 Å². The summed E-state index contributed by atoms with van der Waals surface area (Å²) in [6.07, 6.45) is 1.87. The average Bonchev–Trinajstić information content (AvgIpc) is 3.06. The van der Waals surface area contributed by atoms with Crippen molar-refractivity contribution < 1.29 is 9.18 Å². The van der Waals surface area contributed by atoms with Crippen LogP contribution < -0.4 is 5.32 Å². The zero-order valence-corrected chi connectivity index (χ0v) is 12.7. The number of hydrogen-bond donors (Lipinski definition) is 1. The van der Waals surface area contributed by atoms with Gasteiger partial charge in [-0.25, -0.2) is 4.39 Å². The van der Waals surface area contributed by atoms with Gasteiger partial charge in [-0.05, 0) is 50.9 Å². The molecule has 0 radical (unpaired) electrons. The molecule has 3 atom stereocenters. The number of likely N-dealkylation sites (tertiary alicyclic amines) is 1. The summed E-state index contributed by atoms with van der Waals surface area (Å²) in [5.74, 6) is 0.384. The quantitative estimate of drug-likeness (QED) is 0.908. The van der Waals surface area contributed by atoms with Gasteiger partial charge in [0.1, 0.15) is 5.82 Å². The molecule has 1 aromatic carbocycles. The Labute approximate surface area is 125 Å². The summed E-state index contributed by atoms with van der Waals surface area (Å²) in [6.45, 7) is 6.63. The summed E-state index contributed by atoms with van der Waals surface area (Å²) in [4.78, 5) is 14.9. The van der Waals surface area contributed by atoms with Crippen LogP contribution in [-0.4, -0.2) is 36.5 Å². The second-order valence-corrected chi connectivity index (χ2v) is 6.78. The molecular formula is C17H23FN2O. The van der Waals surface area contributed by atoms with Gasteiger partial charge in [-0.3, -0.25) is 4.79 Å². The Balaban J connectivity index is 1.74. The van der Waals surface area contributed by atoms with Gasteiger partial charge in [0.2, 0.25) is 5.91 Å². The molecule has 0 bridgehead atoms. The highest BCUT2D eigenvalue weighted by Crippen LogP contribution is 2.36. The van der Waals surface area contributed by atoms with Gasteiger partial charge in [0.05, 0.1) is 5.41 Å². The van der Waals surface area contributed by atoms with Crippen molar-refractivity contribution in [2.75, 3.05) is 19.6 Å². The molecule has 0 aromatic heterocycles. The minimum Gasteiger partial charge on any atom is -0.339 e. The first kappa shape index (κ1) is 14.5. The molecule has 2 saturated heterocycles. The molecule has 1 amide bonds. The molecule has 0 aliphatic carbocycles. The Morgan fingerprint density at radius 3 is 2.71 bits per heavy atom. The van der Waals surface area contributed by atoms with E-state index in [0.29, 0.717) is 5.92 Å². The molecular weight excluding hydrogens is 267 g/mol. The fourth-order valence-electron chi connectivity index (χ4n) is 3.64. The predicted molar refractivity (Wildman–Crippen MR) is 80.5 cm³/mol. The van der Waals surface area contributed by atoms with Crippen LogP contribution in [0, 0.1) is 11.2 Å². The van der Waals surface area contributed by atoms with E-state index in [-0.39, 0.29) is 23.2 Å². The maximum Gasteiger partial charge on any atom is 0.230 e. The van der Waals surface area contributed by atoms with E-state index in [0.717, 1.165) is 38.0 Å². The van der Waals surface area contributed by atoms with Crippen molar-refractivity contribution in [1.82, 2.24) is 10.2 Å². The third kappa shape index (κ3) is 2.69. The highest BCUT2D eigenvalue weighted by atomic mass is 19.1. The van der Waals surface area contributed by atoms with Crippen molar-refractivity contribution in [3.63, 3.8) is 0 Å². The Morgan fingerprint density at radius 1 is 1.38 bits per heavy atom. The van der Waals surface area contributed by atoms with Crippen LogP contribution in [0.4, 0.5) is 4.39 Å². The highest BCUT2D eigenvalue weighted by Gasteiger charge is 2.43. The largest absolute Gasteiger partial charge is 0.339 e. The van der Waals surface area contributed by atoms with Gasteiger partial charge < -0.3 is 10.2 Å². The smallest absolute Gasteiger partial charge is 0.230 e. The molecule has 114 valence electrons. The number of carbonyl (C=O) groups excluding carboxylic acids is 1. The molecule has 1 N–H and O–H groups in total. The number of benzene rings is 1. The minimum absolute atomic E-state index is 0.206. The fourth-order valence-corrected chi connectivity index (χ4v) is 3.64. The third-order valence-electron chi connectivity index (χ3n) is 5.06. The van der Waals surface area contributed by atoms with Gasteiger partial charge in [0.25, 0.3) is 0 Å². The summed E-state index contributed by atoms with van der Waals surface area (Å²) in [5.41, 5.74) is 0.875. The fraction of sp³-hybridized carbons (Fsp3) is 0.588. The summed E-state index contributed by atoms with van der Waals surface area (Å²) in [6, 6.07) is 6.96. The molecule has 0 saturated carbocycles. The monoisotopic (exact) mass is 290 g/mol. The summed E-state index contributed by atoms with van der Waals surface area (Å²) < 4.78 is 13.0. The number of nitrogens with zero attached hydrogens (tertiary/aromatic N) is 1. The van der Waals surface area contributed by atoms with Crippen molar-refractivity contribution in [3.8, 4) is 0 Å². The van der Waals surface area contributed by atoms with Crippen molar-refractivity contribution in [3.05, 3.63) is 35.6 Å². The molecule has 2 aliphatic heterocycles. The van der Waals surface area contributed by atoms with Crippen LogP contribution in [0.2, 0.25) is 0 Å². The van der Waals surface area contributed by atoms with E-state index in [9.17, 15) is 9.18 Å². The van der Waals surface area contributed by atoms with E-state index in [1.165, 1.54) is 12.1 Å². The molecule has 4 heteroatoms. The molecule has 21 heavy (non-hydrogen) atoms. The Kier molecular flexibility index (Phi) is 3.74. The first-order valence-electron chi connectivity index (χ1n) is 7.77. The maximum atomic E-state index is 13.0. The van der Waals surface area contributed by atoms with Crippen LogP contribution >= 0.6 is 0 Å². The Bertz CT molecular complexity index is 522. The normalized spacial score (nSPS) is 32.6. The van der Waals surface area contributed by atoms with Crippen molar-refractivity contribution >= 4 is 5.91 Å². The van der Waals surface area contributed by atoms with Crippen LogP contribution in [0.5, 0.6) is 0 Å². The summed E-state index contributed by atoms with van der Waals surface area (Å²) >= 11 is 0. The summed E-state index contributed by atoms with van der Waals surface area (Å²) in [5, 5.41) is 3.29. The number of carbonyl (C=O) groups is 1. The number of amides is 1. The molecule has 2 heterocycles. The van der Waals surface area contributed by atoms with Gasteiger partial charge in [-0.2, -0.15) is 0 Å². The van der Waals surface area contributed by atoms with E-state index in [2.05, 4.69) is 19.2 Å². The lowest BCUT2D eigenvalue weighted by Gasteiger charge is -2.31. The molecule has 3 nitrogen and oxygen atoms in total. The zero-order chi connectivity index (χ0) is 15.0. The minimum atomic E-state index is -0.258. The topological polar surface area (TPSA) is 32.3 Å². The van der Waals surface area contributed by atoms with E-state index < -0.39 is 0 Å². The Hall–Kier alpha value is -1.42. The number of hydrogen-bond acceptors (Lipinski definition) is 2. The highest BCUT2D eigenvalue weighted by molar-refractivity contribution is 5.83. The average molecular weight is 290 g/mol. The van der Waals surface area contributed by atoms with Crippen LogP contribution in [-0.2, 0) is 4.79 Å². The number of nitrogens with one attached hydrogen (secondary N) is 1. The van der Waals surface area contributed by atoms with Crippen LogP contribution in [0.1, 0.15) is 38.2 Å². The molecule has 0 unspecified atom stereocenters. The predicted octanol–water partition coefficient (Wildman–Crippen LogP) is 2.53. The lowest BCUT2D eigenvalue weighted by atomic mass is 9.88. The lowest BCUT2D eigenvalue weighted by molar-refractivity contribution is -0.140. The van der Waals surface area contributed by atoms with E-state index >= 15 is 0 Å². The van der Waals surface area contributed by atoms with Crippen LogP contribution in [0.15, 0.2) is 24.3 Å². The van der Waals surface area contributed by atoms with E-state index in [1.54, 1.807) is 0 Å². The van der Waals surface area contributed by atoms with Crippen LogP contribution in [0.3, 0.4) is 0 Å². The van der Waals surface area contributed by atoms with E-state index in [1.807, 2.05) is 17.0 Å². The van der Waals surface area contributed by atoms with Crippen molar-refractivity contribution in [2.24, 2.45) is 5.41 Å². The van der Waals surface area contributed by atoms with Gasteiger partial charge in [0.15, 0.2) is 0 Å². The molecule has 0 spiro atoms. The number of rotatable bonds is 2.